The van der Waals surface area contributed by atoms with Crippen LogP contribution in [-0.4, -0.2) is 24.1 Å². The fourth-order valence-corrected chi connectivity index (χ4v) is 9.04. The molecule has 0 amide bonds. The highest BCUT2D eigenvalue weighted by atomic mass is 15.0. The Morgan fingerprint density at radius 3 is 1.10 bits per heavy atom. The van der Waals surface area contributed by atoms with Crippen molar-refractivity contribution in [3.8, 4) is 67.8 Å². The Morgan fingerprint density at radius 2 is 0.581 bits per heavy atom. The van der Waals surface area contributed by atoms with Gasteiger partial charge < -0.3 is 9.13 Å². The van der Waals surface area contributed by atoms with E-state index in [1.54, 1.807) is 0 Å². The van der Waals surface area contributed by atoms with Gasteiger partial charge in [0.15, 0.2) is 17.5 Å². The van der Waals surface area contributed by atoms with Crippen molar-refractivity contribution in [3.63, 3.8) is 0 Å². The Morgan fingerprint density at radius 1 is 0.226 bits per heavy atom. The lowest BCUT2D eigenvalue weighted by Gasteiger charge is -2.13. The molecule has 0 N–H and O–H groups in total. The largest absolute Gasteiger partial charge is 0.309 e. The van der Waals surface area contributed by atoms with Crippen LogP contribution in [0.4, 0.5) is 0 Å². The molecule has 0 aliphatic heterocycles. The summed E-state index contributed by atoms with van der Waals surface area (Å²) in [5.74, 6) is 1.86. The van der Waals surface area contributed by atoms with Gasteiger partial charge in [0, 0.05) is 49.6 Å². The summed E-state index contributed by atoms with van der Waals surface area (Å²) < 4.78 is 4.75. The molecule has 9 aromatic carbocycles. The highest BCUT2D eigenvalue weighted by Gasteiger charge is 2.18. The fraction of sp³-hybridized carbons (Fsp3) is 0. The Labute approximate surface area is 358 Å². The third kappa shape index (κ3) is 6.06. The number of para-hydroxylation sites is 3. The van der Waals surface area contributed by atoms with Gasteiger partial charge in [-0.25, -0.2) is 15.0 Å². The van der Waals surface area contributed by atoms with Crippen LogP contribution in [0.3, 0.4) is 0 Å². The molecule has 0 fully saturated rings. The number of hydrogen-bond donors (Lipinski definition) is 0. The van der Waals surface area contributed by atoms with Gasteiger partial charge in [-0.15, -0.1) is 0 Å². The zero-order valence-electron chi connectivity index (χ0n) is 33.6. The van der Waals surface area contributed by atoms with Crippen LogP contribution in [0.2, 0.25) is 0 Å². The van der Waals surface area contributed by atoms with Gasteiger partial charge in [0.1, 0.15) is 0 Å². The monoisotopic (exact) mass is 791 g/mol. The molecule has 3 aromatic heterocycles. The van der Waals surface area contributed by atoms with E-state index in [2.05, 4.69) is 203 Å². The van der Waals surface area contributed by atoms with Gasteiger partial charge in [0.25, 0.3) is 0 Å². The number of aromatic nitrogens is 5. The standard InChI is InChI=1S/C57H37N5/c1-4-16-38(17-5-1)42-34-43(39-18-6-2-7-19-39)36-44(35-42)57-59-55(40-20-8-3-9-21-40)58-56(60-57)41-28-30-45(31-29-41)61-53-27-15-12-24-49(53)50-37-46(32-33-54(50)61)62-51-25-13-10-22-47(51)48-23-11-14-26-52(48)62/h1-37H. The van der Waals surface area contributed by atoms with Gasteiger partial charge in [-0.3, -0.25) is 0 Å². The summed E-state index contributed by atoms with van der Waals surface area (Å²) >= 11 is 0. The second kappa shape index (κ2) is 14.7. The third-order valence-electron chi connectivity index (χ3n) is 12.0. The average molecular weight is 792 g/mol. The molecule has 0 bridgehead atoms. The molecular weight excluding hydrogens is 755 g/mol. The first kappa shape index (κ1) is 35.5. The van der Waals surface area contributed by atoms with E-state index < -0.39 is 0 Å². The molecule has 0 aliphatic carbocycles. The summed E-state index contributed by atoms with van der Waals surface area (Å²) in [5.41, 5.74) is 14.1. The smallest absolute Gasteiger partial charge is 0.164 e. The van der Waals surface area contributed by atoms with Gasteiger partial charge in [0.2, 0.25) is 0 Å². The summed E-state index contributed by atoms with van der Waals surface area (Å²) in [6, 6.07) is 79.3. The Hall–Kier alpha value is -8.41. The molecule has 12 aromatic rings. The van der Waals surface area contributed by atoms with Crippen LogP contribution in [0.5, 0.6) is 0 Å². The van der Waals surface area contributed by atoms with E-state index in [0.29, 0.717) is 17.5 Å². The van der Waals surface area contributed by atoms with Crippen LogP contribution in [0, 0.1) is 0 Å². The number of hydrogen-bond acceptors (Lipinski definition) is 3. The minimum atomic E-state index is 0.616. The molecule has 5 heteroatoms. The van der Waals surface area contributed by atoms with Crippen molar-refractivity contribution < 1.29 is 0 Å². The molecule has 0 unspecified atom stereocenters. The topological polar surface area (TPSA) is 48.5 Å². The molecule has 3 heterocycles. The minimum Gasteiger partial charge on any atom is -0.309 e. The maximum absolute atomic E-state index is 5.21. The van der Waals surface area contributed by atoms with Crippen molar-refractivity contribution >= 4 is 43.6 Å². The second-order valence-corrected chi connectivity index (χ2v) is 15.7. The second-order valence-electron chi connectivity index (χ2n) is 15.7. The summed E-state index contributed by atoms with van der Waals surface area (Å²) in [5, 5.41) is 4.91. The van der Waals surface area contributed by atoms with Crippen molar-refractivity contribution in [2.24, 2.45) is 0 Å². The van der Waals surface area contributed by atoms with E-state index >= 15 is 0 Å². The summed E-state index contributed by atoms with van der Waals surface area (Å²) in [7, 11) is 0. The van der Waals surface area contributed by atoms with E-state index in [4.69, 9.17) is 15.0 Å². The molecule has 0 radical (unpaired) electrons. The van der Waals surface area contributed by atoms with Crippen molar-refractivity contribution in [1.29, 1.82) is 0 Å². The molecule has 12 rings (SSSR count). The van der Waals surface area contributed by atoms with Gasteiger partial charge in [-0.2, -0.15) is 0 Å². The number of benzene rings is 9. The maximum Gasteiger partial charge on any atom is 0.164 e. The zero-order chi connectivity index (χ0) is 41.0. The molecule has 62 heavy (non-hydrogen) atoms. The quantitative estimate of drug-likeness (QED) is 0.162. The molecule has 0 saturated carbocycles. The summed E-state index contributed by atoms with van der Waals surface area (Å²) in [6.45, 7) is 0. The number of fused-ring (bicyclic) bond motifs is 6. The van der Waals surface area contributed by atoms with Crippen molar-refractivity contribution in [2.75, 3.05) is 0 Å². The van der Waals surface area contributed by atoms with E-state index in [1.165, 1.54) is 32.6 Å². The van der Waals surface area contributed by atoms with Crippen LogP contribution in [0.25, 0.3) is 111 Å². The third-order valence-corrected chi connectivity index (χ3v) is 12.0. The number of nitrogens with zero attached hydrogens (tertiary/aromatic N) is 5. The van der Waals surface area contributed by atoms with Crippen LogP contribution in [-0.2, 0) is 0 Å². The first-order valence-electron chi connectivity index (χ1n) is 20.9. The molecule has 290 valence electrons. The van der Waals surface area contributed by atoms with E-state index in [-0.39, 0.29) is 0 Å². The lowest BCUT2D eigenvalue weighted by Crippen LogP contribution is -2.01. The Balaban J connectivity index is 0.986. The first-order valence-corrected chi connectivity index (χ1v) is 20.9. The van der Waals surface area contributed by atoms with Gasteiger partial charge >= 0.3 is 0 Å². The van der Waals surface area contributed by atoms with Gasteiger partial charge in [-0.1, -0.05) is 146 Å². The molecular formula is C57H37N5. The van der Waals surface area contributed by atoms with Gasteiger partial charge in [-0.05, 0) is 101 Å². The lowest BCUT2D eigenvalue weighted by molar-refractivity contribution is 1.07. The minimum absolute atomic E-state index is 0.616. The lowest BCUT2D eigenvalue weighted by atomic mass is 9.96. The predicted octanol–water partition coefficient (Wildman–Crippen LogP) is 14.4. The van der Waals surface area contributed by atoms with Crippen LogP contribution in [0.1, 0.15) is 0 Å². The normalized spacial score (nSPS) is 11.5. The highest BCUT2D eigenvalue weighted by Crippen LogP contribution is 2.38. The van der Waals surface area contributed by atoms with Crippen LogP contribution in [0.15, 0.2) is 224 Å². The van der Waals surface area contributed by atoms with Crippen LogP contribution >= 0.6 is 0 Å². The van der Waals surface area contributed by atoms with E-state index in [9.17, 15) is 0 Å². The highest BCUT2D eigenvalue weighted by molar-refractivity contribution is 6.12. The van der Waals surface area contributed by atoms with Crippen molar-refractivity contribution in [3.05, 3.63) is 224 Å². The zero-order valence-corrected chi connectivity index (χ0v) is 33.6. The molecule has 5 nitrogen and oxygen atoms in total. The van der Waals surface area contributed by atoms with Crippen molar-refractivity contribution in [2.45, 2.75) is 0 Å². The maximum atomic E-state index is 5.21. The first-order chi connectivity index (χ1) is 30.7. The molecule has 0 saturated heterocycles. The van der Waals surface area contributed by atoms with Crippen LogP contribution < -0.4 is 0 Å². The fourth-order valence-electron chi connectivity index (χ4n) is 9.04. The Bertz CT molecular complexity index is 3500. The average Bonchev–Trinajstić information content (AvgIpc) is 3.87. The van der Waals surface area contributed by atoms with Gasteiger partial charge in [0.05, 0.1) is 22.1 Å². The predicted molar refractivity (Wildman–Crippen MR) is 256 cm³/mol. The van der Waals surface area contributed by atoms with E-state index in [1.807, 2.05) is 30.3 Å². The summed E-state index contributed by atoms with van der Waals surface area (Å²) in [4.78, 5) is 15.4. The number of rotatable bonds is 7. The SMILES string of the molecule is c1ccc(-c2cc(-c3ccccc3)cc(-c3nc(-c4ccccc4)nc(-c4ccc(-n5c6ccccc6c6cc(-n7c8ccccc8c8ccccc87)ccc65)cc4)n3)c2)cc1. The molecule has 0 atom stereocenters. The van der Waals surface area contributed by atoms with Crippen molar-refractivity contribution in [1.82, 2.24) is 24.1 Å². The molecule has 0 spiro atoms. The summed E-state index contributed by atoms with van der Waals surface area (Å²) in [6.07, 6.45) is 0. The van der Waals surface area contributed by atoms with E-state index in [0.717, 1.165) is 61.4 Å². The Kier molecular flexibility index (Phi) is 8.42. The molecule has 0 aliphatic rings.